The van der Waals surface area contributed by atoms with E-state index in [4.69, 9.17) is 14.6 Å². The summed E-state index contributed by atoms with van der Waals surface area (Å²) in [6.45, 7) is 6.84. The monoisotopic (exact) mass is 412 g/mol. The molecule has 0 aromatic carbocycles. The van der Waals surface area contributed by atoms with Crippen LogP contribution < -0.4 is 0 Å². The lowest BCUT2D eigenvalue weighted by Crippen LogP contribution is -2.39. The Morgan fingerprint density at radius 2 is 0.966 bits per heavy atom. The van der Waals surface area contributed by atoms with E-state index in [9.17, 15) is 14.7 Å². The number of hydrogen-bond acceptors (Lipinski definition) is 6. The van der Waals surface area contributed by atoms with E-state index in [0.29, 0.717) is 13.0 Å². The summed E-state index contributed by atoms with van der Waals surface area (Å²) in [5.74, 6) is -3.97. The number of carbonyl (C=O) groups is 2. The van der Waals surface area contributed by atoms with Crippen molar-refractivity contribution in [2.24, 2.45) is 0 Å². The van der Waals surface area contributed by atoms with E-state index in [1.165, 1.54) is 51.4 Å². The van der Waals surface area contributed by atoms with Gasteiger partial charge < -0.3 is 19.7 Å². The molecule has 0 aliphatic rings. The van der Waals surface area contributed by atoms with Crippen LogP contribution in [0.1, 0.15) is 96.3 Å². The molecule has 0 fully saturated rings. The molecule has 0 aliphatic carbocycles. The second-order valence-corrected chi connectivity index (χ2v) is 7.39. The highest BCUT2D eigenvalue weighted by Crippen LogP contribution is 2.21. The van der Waals surface area contributed by atoms with E-state index in [1.54, 1.807) is 0 Å². The van der Waals surface area contributed by atoms with Crippen molar-refractivity contribution in [2.75, 3.05) is 6.61 Å². The normalized spacial score (nSPS) is 11.1. The second-order valence-electron chi connectivity index (χ2n) is 7.39. The minimum Gasteiger partial charge on any atom is -0.396 e. The quantitative estimate of drug-likeness (QED) is 0.127. The van der Waals surface area contributed by atoms with Crippen LogP contribution in [0.4, 0.5) is 0 Å². The van der Waals surface area contributed by atoms with Crippen LogP contribution in [0.3, 0.4) is 0 Å². The van der Waals surface area contributed by atoms with Gasteiger partial charge >= 0.3 is 17.9 Å². The maximum absolute atomic E-state index is 11.3. The van der Waals surface area contributed by atoms with Crippen molar-refractivity contribution in [1.82, 2.24) is 0 Å². The second kappa shape index (κ2) is 18.4. The number of carbonyl (C=O) groups excluding carboxylic acids is 2. The predicted octanol–water partition coefficient (Wildman–Crippen LogP) is 4.93. The molecule has 0 atom stereocenters. The van der Waals surface area contributed by atoms with Crippen molar-refractivity contribution >= 4 is 11.9 Å². The molecule has 0 aromatic heterocycles. The number of hydrogen-bond donors (Lipinski definition) is 2. The summed E-state index contributed by atoms with van der Waals surface area (Å²) >= 11 is 0. The largest absolute Gasteiger partial charge is 0.396 e. The summed E-state index contributed by atoms with van der Waals surface area (Å²) in [5.41, 5.74) is 0. The first-order valence-electron chi connectivity index (χ1n) is 11.0. The molecule has 6 nitrogen and oxygen atoms in total. The van der Waals surface area contributed by atoms with Crippen molar-refractivity contribution in [3.05, 3.63) is 25.3 Å². The summed E-state index contributed by atoms with van der Waals surface area (Å²) in [5, 5.41) is 18.9. The zero-order valence-corrected chi connectivity index (χ0v) is 17.9. The summed E-state index contributed by atoms with van der Waals surface area (Å²) in [7, 11) is 0. The van der Waals surface area contributed by atoms with Gasteiger partial charge in [0.2, 0.25) is 0 Å². The van der Waals surface area contributed by atoms with Crippen LogP contribution >= 0.6 is 0 Å². The van der Waals surface area contributed by atoms with E-state index in [-0.39, 0.29) is 6.42 Å². The molecule has 0 amide bonds. The minimum atomic E-state index is -2.27. The molecule has 0 heterocycles. The Hall–Kier alpha value is -1.66. The van der Waals surface area contributed by atoms with E-state index in [1.807, 2.05) is 0 Å². The van der Waals surface area contributed by atoms with Crippen LogP contribution in [0.25, 0.3) is 0 Å². The lowest BCUT2D eigenvalue weighted by Gasteiger charge is -2.25. The first-order valence-corrected chi connectivity index (χ1v) is 11.0. The van der Waals surface area contributed by atoms with Gasteiger partial charge in [-0.25, -0.2) is 9.59 Å². The lowest BCUT2D eigenvalue weighted by atomic mass is 10.0. The molecule has 0 bridgehead atoms. The first-order chi connectivity index (χ1) is 14.0. The smallest absolute Gasteiger partial charge is 0.373 e. The molecule has 29 heavy (non-hydrogen) atoms. The molecule has 0 aliphatic heterocycles. The predicted molar refractivity (Wildman–Crippen MR) is 114 cm³/mol. The molecule has 2 N–H and O–H groups in total. The van der Waals surface area contributed by atoms with Gasteiger partial charge in [0, 0.05) is 18.8 Å². The van der Waals surface area contributed by atoms with Gasteiger partial charge in [-0.15, -0.1) is 0 Å². The third-order valence-corrected chi connectivity index (χ3v) is 4.75. The maximum Gasteiger partial charge on any atom is 0.373 e. The number of aliphatic hydroxyl groups excluding tert-OH is 1. The fraction of sp³-hybridized carbons (Fsp3) is 0.739. The fourth-order valence-electron chi connectivity index (χ4n) is 3.10. The molecular formula is C23H40O6. The molecule has 6 heteroatoms. The Bertz CT molecular complexity index is 438. The number of unbranched alkanes of at least 4 members (excludes halogenated alkanes) is 13. The molecule has 0 saturated heterocycles. The Kier molecular flexibility index (Phi) is 17.3. The summed E-state index contributed by atoms with van der Waals surface area (Å²) in [6, 6.07) is 0. The van der Waals surface area contributed by atoms with Gasteiger partial charge in [0.15, 0.2) is 0 Å². The Balaban J connectivity index is 3.69. The number of esters is 2. The average Bonchev–Trinajstić information content (AvgIpc) is 2.70. The van der Waals surface area contributed by atoms with Gasteiger partial charge in [0.25, 0.3) is 0 Å². The Morgan fingerprint density at radius 3 is 1.28 bits per heavy atom. The van der Waals surface area contributed by atoms with E-state index in [2.05, 4.69) is 13.2 Å². The van der Waals surface area contributed by atoms with Gasteiger partial charge in [-0.1, -0.05) is 90.2 Å². The van der Waals surface area contributed by atoms with Crippen LogP contribution in [0.2, 0.25) is 0 Å². The molecule has 0 aromatic rings. The van der Waals surface area contributed by atoms with Crippen molar-refractivity contribution in [3.8, 4) is 0 Å². The average molecular weight is 413 g/mol. The number of aliphatic hydroxyl groups is 2. The molecule has 0 rings (SSSR count). The van der Waals surface area contributed by atoms with Gasteiger partial charge in [-0.3, -0.25) is 0 Å². The van der Waals surface area contributed by atoms with Gasteiger partial charge in [0.1, 0.15) is 0 Å². The third-order valence-electron chi connectivity index (χ3n) is 4.75. The van der Waals surface area contributed by atoms with Crippen LogP contribution in [0, 0.1) is 0 Å². The Labute approximate surface area is 176 Å². The minimum absolute atomic E-state index is 0.0183. The topological polar surface area (TPSA) is 93.1 Å². The molecule has 0 unspecified atom stereocenters. The zero-order valence-electron chi connectivity index (χ0n) is 17.9. The van der Waals surface area contributed by atoms with E-state index >= 15 is 0 Å². The van der Waals surface area contributed by atoms with Crippen molar-refractivity contribution in [3.63, 3.8) is 0 Å². The van der Waals surface area contributed by atoms with Crippen LogP contribution in [-0.2, 0) is 19.1 Å². The van der Waals surface area contributed by atoms with Crippen LogP contribution in [0.5, 0.6) is 0 Å². The number of rotatable bonds is 20. The standard InChI is InChI=1S/C23H40O6/c1-3-21(25)28-23(27,29-22(26)4-2)19-17-15-13-11-9-7-5-6-8-10-12-14-16-18-20-24/h3-4,24,27H,1-2,5-20H2. The summed E-state index contributed by atoms with van der Waals surface area (Å²) in [4.78, 5) is 22.7. The van der Waals surface area contributed by atoms with Crippen LogP contribution in [0.15, 0.2) is 25.3 Å². The highest BCUT2D eigenvalue weighted by molar-refractivity contribution is 5.83. The number of ether oxygens (including phenoxy) is 2. The molecule has 0 spiro atoms. The highest BCUT2D eigenvalue weighted by Gasteiger charge is 2.34. The van der Waals surface area contributed by atoms with Gasteiger partial charge in [-0.05, 0) is 12.8 Å². The molecule has 168 valence electrons. The van der Waals surface area contributed by atoms with E-state index in [0.717, 1.165) is 44.3 Å². The summed E-state index contributed by atoms with van der Waals surface area (Å²) in [6.07, 6.45) is 17.6. The van der Waals surface area contributed by atoms with Gasteiger partial charge in [0.05, 0.1) is 6.42 Å². The summed E-state index contributed by atoms with van der Waals surface area (Å²) < 4.78 is 9.55. The Morgan fingerprint density at radius 1 is 0.655 bits per heavy atom. The van der Waals surface area contributed by atoms with Gasteiger partial charge in [-0.2, -0.15) is 0 Å². The zero-order chi connectivity index (χ0) is 21.8. The lowest BCUT2D eigenvalue weighted by molar-refractivity contribution is -0.324. The van der Waals surface area contributed by atoms with Crippen molar-refractivity contribution < 1.29 is 29.3 Å². The molecule has 0 radical (unpaired) electrons. The van der Waals surface area contributed by atoms with Crippen molar-refractivity contribution in [1.29, 1.82) is 0 Å². The highest BCUT2D eigenvalue weighted by atomic mass is 16.8. The SMILES string of the molecule is C=CC(=O)OC(O)(CCCCCCCCCCCCCCCCO)OC(=O)C=C. The van der Waals surface area contributed by atoms with Crippen molar-refractivity contribution in [2.45, 2.75) is 102 Å². The van der Waals surface area contributed by atoms with Crippen LogP contribution in [-0.4, -0.2) is 34.7 Å². The first kappa shape index (κ1) is 27.3. The van der Waals surface area contributed by atoms with E-state index < -0.39 is 17.9 Å². The maximum atomic E-state index is 11.3. The fourth-order valence-corrected chi connectivity index (χ4v) is 3.10. The third kappa shape index (κ3) is 17.0. The molecule has 0 saturated carbocycles. The molecular weight excluding hydrogens is 372 g/mol.